The molecule has 0 bridgehead atoms. The first-order valence-corrected chi connectivity index (χ1v) is 7.47. The molecule has 0 fully saturated rings. The molecular weight excluding hydrogens is 267 g/mol. The molecule has 0 saturated heterocycles. The number of hydrogen-bond acceptors (Lipinski definition) is 4. The molecule has 0 spiro atoms. The van der Waals surface area contributed by atoms with E-state index in [0.29, 0.717) is 5.96 Å². The molecule has 0 aliphatic carbocycles. The molecule has 114 valence electrons. The van der Waals surface area contributed by atoms with Crippen LogP contribution in [0.15, 0.2) is 41.0 Å². The number of halogens is 1. The summed E-state index contributed by atoms with van der Waals surface area (Å²) in [6, 6.07) is 6.26. The molecule has 1 atom stereocenters. The molecule has 1 aliphatic rings. The van der Waals surface area contributed by atoms with Crippen LogP contribution in [0.25, 0.3) is 0 Å². The minimum atomic E-state index is -0.381. The summed E-state index contributed by atoms with van der Waals surface area (Å²) >= 11 is 0. The lowest BCUT2D eigenvalue weighted by Crippen LogP contribution is -2.48. The Morgan fingerprint density at radius 2 is 1.90 bits per heavy atom. The van der Waals surface area contributed by atoms with Crippen LogP contribution >= 0.6 is 0 Å². The molecule has 0 radical (unpaired) electrons. The third-order valence-corrected chi connectivity index (χ3v) is 3.51. The highest BCUT2D eigenvalue weighted by atomic mass is 19.1. The number of nitrogens with one attached hydrogen (secondary N) is 3. The summed E-state index contributed by atoms with van der Waals surface area (Å²) in [6.07, 6.45) is 3.91. The summed E-state index contributed by atoms with van der Waals surface area (Å²) in [7, 11) is 0. The van der Waals surface area contributed by atoms with Crippen LogP contribution in [0, 0.1) is 5.82 Å². The van der Waals surface area contributed by atoms with Crippen LogP contribution in [0.4, 0.5) is 10.1 Å². The summed E-state index contributed by atoms with van der Waals surface area (Å²) in [4.78, 5) is 4.75. The summed E-state index contributed by atoms with van der Waals surface area (Å²) in [5.41, 5.74) is 1.55. The number of guanidine groups is 1. The zero-order valence-electron chi connectivity index (χ0n) is 12.8. The highest BCUT2D eigenvalue weighted by Crippen LogP contribution is 2.21. The van der Waals surface area contributed by atoms with E-state index < -0.39 is 0 Å². The predicted molar refractivity (Wildman–Crippen MR) is 85.7 cm³/mol. The fourth-order valence-corrected chi connectivity index (χ4v) is 2.36. The lowest BCUT2D eigenvalue weighted by atomic mass is 10.0. The van der Waals surface area contributed by atoms with E-state index in [0.717, 1.165) is 30.8 Å². The minimum Gasteiger partial charge on any atom is -0.330 e. The first kappa shape index (κ1) is 15.5. The van der Waals surface area contributed by atoms with Gasteiger partial charge in [-0.3, -0.25) is 5.32 Å². The number of aliphatic imine (C=N–C) groups is 1. The van der Waals surface area contributed by atoms with Crippen molar-refractivity contribution in [3.63, 3.8) is 0 Å². The largest absolute Gasteiger partial charge is 0.330 e. The normalized spacial score (nSPS) is 21.3. The summed E-state index contributed by atoms with van der Waals surface area (Å²) in [5, 5.41) is 9.92. The van der Waals surface area contributed by atoms with Crippen LogP contribution in [0.5, 0.6) is 0 Å². The predicted octanol–water partition coefficient (Wildman–Crippen LogP) is 3.21. The Labute approximate surface area is 125 Å². The van der Waals surface area contributed by atoms with Gasteiger partial charge in [-0.05, 0) is 49.7 Å². The Hall–Kier alpha value is -1.88. The van der Waals surface area contributed by atoms with E-state index in [1.54, 1.807) is 12.1 Å². The summed E-state index contributed by atoms with van der Waals surface area (Å²) < 4.78 is 13.0. The number of likely N-dealkylation sites (N-methyl/N-ethyl adjacent to an activating group) is 1. The van der Waals surface area contributed by atoms with Crippen LogP contribution in [0.3, 0.4) is 0 Å². The van der Waals surface area contributed by atoms with E-state index in [1.807, 2.05) is 0 Å². The standard InChI is InChI=1S/C16H23FN4/c1-4-13-11-16(5-2,18-6-3)21-15(19-13)20-14-9-7-12(17)8-10-14/h7-11,18H,4-6H2,1-3H3,(H2,19,20,21). The van der Waals surface area contributed by atoms with Crippen molar-refractivity contribution in [3.05, 3.63) is 41.9 Å². The third kappa shape index (κ3) is 3.82. The van der Waals surface area contributed by atoms with Gasteiger partial charge in [0.1, 0.15) is 11.5 Å². The number of allylic oxidation sites excluding steroid dienone is 1. The molecule has 1 heterocycles. The van der Waals surface area contributed by atoms with Gasteiger partial charge in [-0.1, -0.05) is 20.8 Å². The summed E-state index contributed by atoms with van der Waals surface area (Å²) in [6.45, 7) is 7.12. The van der Waals surface area contributed by atoms with Crippen LogP contribution in [0.2, 0.25) is 0 Å². The average molecular weight is 290 g/mol. The lowest BCUT2D eigenvalue weighted by Gasteiger charge is -2.33. The van der Waals surface area contributed by atoms with Gasteiger partial charge in [0.05, 0.1) is 0 Å². The quantitative estimate of drug-likeness (QED) is 0.780. The van der Waals surface area contributed by atoms with Crippen molar-refractivity contribution < 1.29 is 4.39 Å². The van der Waals surface area contributed by atoms with Crippen molar-refractivity contribution in [3.8, 4) is 0 Å². The van der Waals surface area contributed by atoms with Gasteiger partial charge in [0.15, 0.2) is 0 Å². The molecule has 0 aromatic heterocycles. The number of hydrogen-bond donors (Lipinski definition) is 3. The zero-order valence-corrected chi connectivity index (χ0v) is 12.8. The molecular formula is C16H23FN4. The fraction of sp³-hybridized carbons (Fsp3) is 0.438. The van der Waals surface area contributed by atoms with Gasteiger partial charge in [-0.2, -0.15) is 0 Å². The van der Waals surface area contributed by atoms with Crippen LogP contribution in [-0.4, -0.2) is 18.2 Å². The van der Waals surface area contributed by atoms with Gasteiger partial charge >= 0.3 is 0 Å². The number of rotatable bonds is 5. The number of benzene rings is 1. The van der Waals surface area contributed by atoms with Crippen molar-refractivity contribution in [1.82, 2.24) is 10.6 Å². The Kier molecular flexibility index (Phi) is 4.96. The van der Waals surface area contributed by atoms with E-state index in [4.69, 9.17) is 4.99 Å². The number of nitrogens with zero attached hydrogens (tertiary/aromatic N) is 1. The Balaban J connectivity index is 2.23. The van der Waals surface area contributed by atoms with Gasteiger partial charge in [-0.25, -0.2) is 9.38 Å². The third-order valence-electron chi connectivity index (χ3n) is 3.51. The monoisotopic (exact) mass is 290 g/mol. The molecule has 1 aliphatic heterocycles. The average Bonchev–Trinajstić information content (AvgIpc) is 2.49. The topological polar surface area (TPSA) is 48.4 Å². The highest BCUT2D eigenvalue weighted by Gasteiger charge is 2.28. The first-order valence-electron chi connectivity index (χ1n) is 7.47. The fourth-order valence-electron chi connectivity index (χ4n) is 2.36. The van der Waals surface area contributed by atoms with Crippen molar-refractivity contribution in [2.75, 3.05) is 11.9 Å². The van der Waals surface area contributed by atoms with E-state index in [-0.39, 0.29) is 11.5 Å². The molecule has 21 heavy (non-hydrogen) atoms. The SMILES string of the molecule is CCNC1(CC)C=C(CC)NC(Nc2ccc(F)cc2)=N1. The van der Waals surface area contributed by atoms with Crippen molar-refractivity contribution in [1.29, 1.82) is 0 Å². The van der Waals surface area contributed by atoms with Gasteiger partial charge in [-0.15, -0.1) is 0 Å². The smallest absolute Gasteiger partial charge is 0.202 e. The maximum absolute atomic E-state index is 13.0. The van der Waals surface area contributed by atoms with Crippen molar-refractivity contribution in [2.24, 2.45) is 4.99 Å². The lowest BCUT2D eigenvalue weighted by molar-refractivity contribution is 0.405. The van der Waals surface area contributed by atoms with Crippen LogP contribution < -0.4 is 16.0 Å². The minimum absolute atomic E-state index is 0.246. The van der Waals surface area contributed by atoms with E-state index >= 15 is 0 Å². The van der Waals surface area contributed by atoms with Crippen LogP contribution in [-0.2, 0) is 0 Å². The van der Waals surface area contributed by atoms with Gasteiger partial charge < -0.3 is 10.6 Å². The Bertz CT molecular complexity index is 536. The van der Waals surface area contributed by atoms with Gasteiger partial charge in [0, 0.05) is 11.4 Å². The second-order valence-electron chi connectivity index (χ2n) is 5.05. The molecule has 1 unspecified atom stereocenters. The van der Waals surface area contributed by atoms with Crippen molar-refractivity contribution >= 4 is 11.6 Å². The molecule has 4 nitrogen and oxygen atoms in total. The van der Waals surface area contributed by atoms with E-state index in [9.17, 15) is 4.39 Å². The Morgan fingerprint density at radius 1 is 1.19 bits per heavy atom. The van der Waals surface area contributed by atoms with E-state index in [2.05, 4.69) is 42.8 Å². The van der Waals surface area contributed by atoms with Crippen LogP contribution in [0.1, 0.15) is 33.6 Å². The second kappa shape index (κ2) is 6.72. The maximum Gasteiger partial charge on any atom is 0.202 e. The Morgan fingerprint density at radius 3 is 2.48 bits per heavy atom. The maximum atomic E-state index is 13.0. The number of anilines is 1. The molecule has 1 aromatic carbocycles. The van der Waals surface area contributed by atoms with Gasteiger partial charge in [0.25, 0.3) is 0 Å². The highest BCUT2D eigenvalue weighted by molar-refractivity contribution is 5.95. The molecule has 1 aromatic rings. The molecule has 2 rings (SSSR count). The molecule has 3 N–H and O–H groups in total. The first-order chi connectivity index (χ1) is 10.1. The second-order valence-corrected chi connectivity index (χ2v) is 5.05. The molecule has 5 heteroatoms. The molecule has 0 saturated carbocycles. The summed E-state index contributed by atoms with van der Waals surface area (Å²) in [5.74, 6) is 0.438. The van der Waals surface area contributed by atoms with Gasteiger partial charge in [0.2, 0.25) is 5.96 Å². The molecule has 0 amide bonds. The van der Waals surface area contributed by atoms with E-state index in [1.165, 1.54) is 12.1 Å². The zero-order chi connectivity index (χ0) is 15.3. The van der Waals surface area contributed by atoms with Crippen molar-refractivity contribution in [2.45, 2.75) is 39.3 Å².